The monoisotopic (exact) mass is 954 g/mol. The highest BCUT2D eigenvalue weighted by Crippen LogP contribution is 2.57. The minimum absolute atomic E-state index is 0.0742. The van der Waals surface area contributed by atoms with Crippen LogP contribution in [0, 0.1) is 21.7 Å². The van der Waals surface area contributed by atoms with Gasteiger partial charge in [0.05, 0.1) is 18.6 Å². The van der Waals surface area contributed by atoms with E-state index in [1.54, 1.807) is 54.9 Å². The van der Waals surface area contributed by atoms with Crippen LogP contribution in [0.1, 0.15) is 155 Å². The molecular formula is C50H66F4N6O8. The average molecular weight is 955 g/mol. The van der Waals surface area contributed by atoms with Gasteiger partial charge in [-0.2, -0.15) is 17.6 Å². The van der Waals surface area contributed by atoms with Crippen LogP contribution in [0.15, 0.2) is 74.8 Å². The van der Waals surface area contributed by atoms with Crippen molar-refractivity contribution in [3.63, 3.8) is 0 Å². The summed E-state index contributed by atoms with van der Waals surface area (Å²) < 4.78 is 80.6. The van der Waals surface area contributed by atoms with Crippen molar-refractivity contribution in [3.8, 4) is 5.88 Å². The highest BCUT2D eigenvalue weighted by Gasteiger charge is 2.66. The summed E-state index contributed by atoms with van der Waals surface area (Å²) in [7, 11) is 0. The van der Waals surface area contributed by atoms with E-state index in [1.807, 2.05) is 55.4 Å². The Labute approximate surface area is 394 Å². The van der Waals surface area contributed by atoms with Crippen molar-refractivity contribution in [1.29, 1.82) is 0 Å². The molecule has 14 nitrogen and oxygen atoms in total. The van der Waals surface area contributed by atoms with Gasteiger partial charge in [-0.15, -0.1) is 0 Å². The van der Waals surface area contributed by atoms with Crippen molar-refractivity contribution < 1.29 is 51.1 Å². The second kappa shape index (κ2) is 18.3. The fraction of sp³-hybridized carbons (Fsp3) is 0.640. The molecule has 2 aliphatic heterocycles. The van der Waals surface area contributed by atoms with Crippen molar-refractivity contribution >= 4 is 11.8 Å². The first-order chi connectivity index (χ1) is 31.6. The summed E-state index contributed by atoms with van der Waals surface area (Å²) in [6.45, 7) is 15.4. The van der Waals surface area contributed by atoms with Gasteiger partial charge in [0, 0.05) is 49.7 Å². The maximum Gasteiger partial charge on any atom is 0.352 e. The third-order valence-electron chi connectivity index (χ3n) is 13.8. The lowest BCUT2D eigenvalue weighted by Gasteiger charge is -2.51. The molecule has 0 aromatic carbocycles. The van der Waals surface area contributed by atoms with Crippen LogP contribution < -0.4 is 10.3 Å². The maximum atomic E-state index is 15.7. The SMILES string of the molecule is CC1(C)CC(C)(C)CC(O)(C(F)(F)C(=O)N2CCC[C@H]2c2cc(COc3ccccn3)on2)C1.CC1(C)CC(C)(C)CC(O)(C(F)(F)C(=O)N2CCC[C@H]2c2cc(Cn3ccccc3=O)on2)C1. The van der Waals surface area contributed by atoms with E-state index in [1.165, 1.54) is 10.6 Å². The van der Waals surface area contributed by atoms with Crippen molar-refractivity contribution in [2.75, 3.05) is 13.1 Å². The Morgan fingerprint density at radius 3 is 1.60 bits per heavy atom. The van der Waals surface area contributed by atoms with Crippen molar-refractivity contribution in [2.24, 2.45) is 21.7 Å². The molecule has 18 heteroatoms. The summed E-state index contributed by atoms with van der Waals surface area (Å²) in [5.41, 5.74) is -6.35. The number of pyridine rings is 2. The lowest BCUT2D eigenvalue weighted by Crippen LogP contribution is -2.62. The number of carbonyl (C=O) groups is 2. The smallest absolute Gasteiger partial charge is 0.352 e. The molecule has 6 heterocycles. The average Bonchev–Trinajstić information content (AvgIpc) is 4.06. The van der Waals surface area contributed by atoms with Gasteiger partial charge in [-0.25, -0.2) is 4.98 Å². The molecule has 0 spiro atoms. The number of aromatic nitrogens is 4. The van der Waals surface area contributed by atoms with Gasteiger partial charge in [-0.1, -0.05) is 77.8 Å². The van der Waals surface area contributed by atoms with Crippen LogP contribution in [0.5, 0.6) is 5.88 Å². The van der Waals surface area contributed by atoms with E-state index in [9.17, 15) is 24.6 Å². The summed E-state index contributed by atoms with van der Waals surface area (Å²) in [5.74, 6) is -9.35. The predicted molar refractivity (Wildman–Crippen MR) is 241 cm³/mol. The number of aliphatic hydroxyl groups is 2. The van der Waals surface area contributed by atoms with Crippen molar-refractivity contribution in [2.45, 2.75) is 168 Å². The second-order valence-electron chi connectivity index (χ2n) is 22.8. The zero-order valence-corrected chi connectivity index (χ0v) is 40.4. The fourth-order valence-electron chi connectivity index (χ4n) is 12.4. The van der Waals surface area contributed by atoms with E-state index in [-0.39, 0.29) is 57.5 Å². The lowest BCUT2D eigenvalue weighted by atomic mass is 9.58. The van der Waals surface area contributed by atoms with Crippen LogP contribution in [-0.4, -0.2) is 87.8 Å². The molecule has 4 aliphatic rings. The highest BCUT2D eigenvalue weighted by molar-refractivity contribution is 5.86. The molecule has 2 atom stereocenters. The number of halogens is 4. The van der Waals surface area contributed by atoms with Crippen LogP contribution in [0.3, 0.4) is 0 Å². The summed E-state index contributed by atoms with van der Waals surface area (Å²) >= 11 is 0. The lowest BCUT2D eigenvalue weighted by molar-refractivity contribution is -0.232. The van der Waals surface area contributed by atoms with Gasteiger partial charge in [0.25, 0.3) is 17.4 Å². The van der Waals surface area contributed by atoms with Crippen molar-refractivity contribution in [3.05, 3.63) is 94.2 Å². The molecular weight excluding hydrogens is 889 g/mol. The first-order valence-corrected chi connectivity index (χ1v) is 23.5. The number of alkyl halides is 4. The first-order valence-electron chi connectivity index (χ1n) is 23.5. The first kappa shape index (κ1) is 50.8. The van der Waals surface area contributed by atoms with E-state index < -0.39 is 68.6 Å². The molecule has 4 aromatic heterocycles. The molecule has 2 N–H and O–H groups in total. The molecule has 2 aliphatic carbocycles. The van der Waals surface area contributed by atoms with Crippen LogP contribution >= 0.6 is 0 Å². The van der Waals surface area contributed by atoms with Gasteiger partial charge in [-0.05, 0) is 98.0 Å². The predicted octanol–water partition coefficient (Wildman–Crippen LogP) is 9.07. The van der Waals surface area contributed by atoms with E-state index in [4.69, 9.17) is 13.8 Å². The van der Waals surface area contributed by atoms with Crippen LogP contribution in [0.2, 0.25) is 0 Å². The molecule has 4 aromatic rings. The van der Waals surface area contributed by atoms with Gasteiger partial charge >= 0.3 is 11.8 Å². The van der Waals surface area contributed by atoms with Crippen LogP contribution in [-0.2, 0) is 22.7 Å². The largest absolute Gasteiger partial charge is 0.469 e. The van der Waals surface area contributed by atoms with Gasteiger partial charge in [0.15, 0.2) is 18.1 Å². The molecule has 68 heavy (non-hydrogen) atoms. The second-order valence-corrected chi connectivity index (χ2v) is 22.8. The van der Waals surface area contributed by atoms with Crippen LogP contribution in [0.4, 0.5) is 17.6 Å². The molecule has 0 bridgehead atoms. The molecule has 372 valence electrons. The molecule has 4 fully saturated rings. The molecule has 2 saturated heterocycles. The van der Waals surface area contributed by atoms with Gasteiger partial charge in [0.2, 0.25) is 5.88 Å². The Kier molecular flexibility index (Phi) is 13.7. The standard InChI is InChI=1S/2C25H33F2N3O4/c1-22(2)14-23(3,4)16-24(33,15-22)25(26,27)21(32)30-11-7-8-19(30)18-12-17(34-28-18)13-29-10-6-5-9-20(29)31;1-22(2)14-23(3,4)16-24(32,15-22)25(26,27)21(31)30-11-7-8-19(30)18-12-17(34-29-18)13-33-20-9-5-6-10-28-20/h5-6,9-10,12,19,33H,7-8,11,13-16H2,1-4H3;5-6,9-10,12,19,32H,7-8,11,13-16H2,1-4H3/t2*19-/m00/s1. The number of likely N-dealkylation sites (tertiary alicyclic amines) is 2. The van der Waals surface area contributed by atoms with Crippen LogP contribution in [0.25, 0.3) is 0 Å². The number of carbonyl (C=O) groups excluding carboxylic acids is 2. The number of hydrogen-bond acceptors (Lipinski definition) is 11. The summed E-state index contributed by atoms with van der Waals surface area (Å²) in [4.78, 5) is 44.7. The quantitative estimate of drug-likeness (QED) is 0.137. The van der Waals surface area contributed by atoms with E-state index >= 15 is 17.6 Å². The van der Waals surface area contributed by atoms with E-state index in [0.29, 0.717) is 67.3 Å². The Morgan fingerprint density at radius 1 is 0.691 bits per heavy atom. The molecule has 2 saturated carbocycles. The van der Waals surface area contributed by atoms with E-state index in [2.05, 4.69) is 15.3 Å². The van der Waals surface area contributed by atoms with Gasteiger partial charge in [0.1, 0.15) is 22.6 Å². The van der Waals surface area contributed by atoms with E-state index in [0.717, 1.165) is 9.80 Å². The van der Waals surface area contributed by atoms with Crippen molar-refractivity contribution in [1.82, 2.24) is 29.7 Å². The van der Waals surface area contributed by atoms with Gasteiger partial charge in [-0.3, -0.25) is 14.4 Å². The summed E-state index contributed by atoms with van der Waals surface area (Å²) in [6, 6.07) is 12.0. The van der Waals surface area contributed by atoms with Gasteiger partial charge < -0.3 is 38.4 Å². The third-order valence-corrected chi connectivity index (χ3v) is 13.8. The normalized spacial score (nSPS) is 23.7. The molecule has 8 rings (SSSR count). The number of nitrogens with zero attached hydrogens (tertiary/aromatic N) is 6. The zero-order chi connectivity index (χ0) is 49.7. The maximum absolute atomic E-state index is 15.7. The minimum atomic E-state index is -3.94. The molecule has 0 unspecified atom stereocenters. The summed E-state index contributed by atoms with van der Waals surface area (Å²) in [6.07, 6.45) is 6.08. The molecule has 2 amide bonds. The highest BCUT2D eigenvalue weighted by atomic mass is 19.3. The Hall–Kier alpha value is -5.10. The third kappa shape index (κ3) is 10.7. The Balaban J connectivity index is 0.000000201. The Bertz CT molecular complexity index is 2450. The summed E-state index contributed by atoms with van der Waals surface area (Å²) in [5, 5.41) is 30.4. The number of hydrogen-bond donors (Lipinski definition) is 2. The number of amides is 2. The molecule has 0 radical (unpaired) electrons. The number of ether oxygens (including phenoxy) is 1. The minimum Gasteiger partial charge on any atom is -0.469 e. The fourth-order valence-corrected chi connectivity index (χ4v) is 12.4. The Morgan fingerprint density at radius 2 is 1.15 bits per heavy atom. The topological polar surface area (TPSA) is 177 Å². The number of rotatable bonds is 11. The zero-order valence-electron chi connectivity index (χ0n) is 40.4.